The quantitative estimate of drug-likeness (QED) is 0.557. The molecule has 1 aromatic carbocycles. The summed E-state index contributed by atoms with van der Waals surface area (Å²) in [7, 11) is 0. The van der Waals surface area contributed by atoms with Crippen LogP contribution in [0.2, 0.25) is 0 Å². The SMILES string of the molecule is CC(CC(=O)c1nc(N2CCN(CC(F)(F)F)CC2)n[nH]1)Cc1c[nH]c2ccccc12. The van der Waals surface area contributed by atoms with Gasteiger partial charge in [0.25, 0.3) is 0 Å². The Morgan fingerprint density at radius 2 is 1.94 bits per heavy atom. The van der Waals surface area contributed by atoms with Gasteiger partial charge in [0.1, 0.15) is 0 Å². The molecule has 0 aliphatic carbocycles. The van der Waals surface area contributed by atoms with Crippen LogP contribution in [0.3, 0.4) is 0 Å². The Hall–Kier alpha value is -2.88. The number of ketones is 1. The zero-order valence-electron chi connectivity index (χ0n) is 17.2. The number of nitrogens with one attached hydrogen (secondary N) is 2. The predicted molar refractivity (Wildman–Crippen MR) is 111 cm³/mol. The Balaban J connectivity index is 1.31. The Bertz CT molecular complexity index is 1040. The van der Waals surface area contributed by atoms with Gasteiger partial charge in [-0.25, -0.2) is 0 Å². The number of hydrogen-bond donors (Lipinski definition) is 2. The molecule has 0 spiro atoms. The Morgan fingerprint density at radius 3 is 2.68 bits per heavy atom. The van der Waals surface area contributed by atoms with Crippen LogP contribution in [0.5, 0.6) is 0 Å². The van der Waals surface area contributed by atoms with E-state index < -0.39 is 12.7 Å². The van der Waals surface area contributed by atoms with E-state index in [9.17, 15) is 18.0 Å². The molecular formula is C21H25F3N6O. The minimum atomic E-state index is -4.20. The van der Waals surface area contributed by atoms with Gasteiger partial charge < -0.3 is 9.88 Å². The number of benzene rings is 1. The molecule has 0 amide bonds. The first-order valence-corrected chi connectivity index (χ1v) is 10.3. The average Bonchev–Trinajstić information content (AvgIpc) is 3.35. The van der Waals surface area contributed by atoms with Crippen molar-refractivity contribution in [1.29, 1.82) is 0 Å². The molecule has 7 nitrogen and oxygen atoms in total. The van der Waals surface area contributed by atoms with E-state index in [2.05, 4.69) is 26.2 Å². The number of piperazine rings is 1. The maximum Gasteiger partial charge on any atom is 0.401 e. The molecule has 1 unspecified atom stereocenters. The fourth-order valence-electron chi connectivity index (χ4n) is 4.04. The molecule has 3 heterocycles. The van der Waals surface area contributed by atoms with Crippen LogP contribution in [0.15, 0.2) is 30.5 Å². The van der Waals surface area contributed by atoms with E-state index in [0.29, 0.717) is 25.5 Å². The molecule has 0 radical (unpaired) electrons. The fraction of sp³-hybridized carbons (Fsp3) is 0.476. The number of rotatable bonds is 7. The molecule has 31 heavy (non-hydrogen) atoms. The third kappa shape index (κ3) is 5.25. The molecule has 0 bridgehead atoms. The number of para-hydroxylation sites is 1. The van der Waals surface area contributed by atoms with Gasteiger partial charge in [0.05, 0.1) is 6.54 Å². The van der Waals surface area contributed by atoms with E-state index in [0.717, 1.165) is 17.3 Å². The average molecular weight is 434 g/mol. The number of carbonyl (C=O) groups excluding carboxylic acids is 1. The van der Waals surface area contributed by atoms with Gasteiger partial charge in [-0.3, -0.25) is 14.8 Å². The summed E-state index contributed by atoms with van der Waals surface area (Å²) in [6.07, 6.45) is -1.13. The smallest absolute Gasteiger partial charge is 0.361 e. The molecule has 166 valence electrons. The zero-order valence-corrected chi connectivity index (χ0v) is 17.2. The largest absolute Gasteiger partial charge is 0.401 e. The number of alkyl halides is 3. The maximum absolute atomic E-state index is 12.7. The Morgan fingerprint density at radius 1 is 1.19 bits per heavy atom. The number of nitrogens with zero attached hydrogens (tertiary/aromatic N) is 4. The number of anilines is 1. The summed E-state index contributed by atoms with van der Waals surface area (Å²) >= 11 is 0. The van der Waals surface area contributed by atoms with Gasteiger partial charge in [-0.15, -0.1) is 5.10 Å². The van der Waals surface area contributed by atoms with Crippen molar-refractivity contribution in [2.45, 2.75) is 25.9 Å². The van der Waals surface area contributed by atoms with Crippen LogP contribution < -0.4 is 4.90 Å². The number of aromatic nitrogens is 4. The van der Waals surface area contributed by atoms with E-state index in [4.69, 9.17) is 0 Å². The summed E-state index contributed by atoms with van der Waals surface area (Å²) in [4.78, 5) is 23.4. The van der Waals surface area contributed by atoms with Crippen molar-refractivity contribution in [3.05, 3.63) is 41.9 Å². The molecule has 4 rings (SSSR count). The number of aromatic amines is 2. The summed E-state index contributed by atoms with van der Waals surface area (Å²) in [5.41, 5.74) is 2.25. The number of H-pyrrole nitrogens is 2. The van der Waals surface area contributed by atoms with E-state index in [1.54, 1.807) is 4.90 Å². The van der Waals surface area contributed by atoms with Crippen LogP contribution in [0.25, 0.3) is 10.9 Å². The number of halogens is 3. The van der Waals surface area contributed by atoms with Gasteiger partial charge in [0, 0.05) is 49.7 Å². The lowest BCUT2D eigenvalue weighted by Crippen LogP contribution is -2.49. The molecule has 10 heteroatoms. The van der Waals surface area contributed by atoms with Crippen LogP contribution in [0.4, 0.5) is 19.1 Å². The molecule has 1 saturated heterocycles. The van der Waals surface area contributed by atoms with Gasteiger partial charge in [-0.1, -0.05) is 25.1 Å². The van der Waals surface area contributed by atoms with Gasteiger partial charge in [0.2, 0.25) is 5.95 Å². The van der Waals surface area contributed by atoms with Crippen LogP contribution in [0.1, 0.15) is 29.5 Å². The van der Waals surface area contributed by atoms with Crippen molar-refractivity contribution >= 4 is 22.6 Å². The predicted octanol–water partition coefficient (Wildman–Crippen LogP) is 3.42. The van der Waals surface area contributed by atoms with Gasteiger partial charge >= 0.3 is 6.18 Å². The Labute approximate surface area is 177 Å². The van der Waals surface area contributed by atoms with E-state index in [1.807, 2.05) is 31.3 Å². The van der Waals surface area contributed by atoms with E-state index >= 15 is 0 Å². The lowest BCUT2D eigenvalue weighted by Gasteiger charge is -2.34. The number of fused-ring (bicyclic) bond motifs is 1. The first-order valence-electron chi connectivity index (χ1n) is 10.3. The summed E-state index contributed by atoms with van der Waals surface area (Å²) in [5.74, 6) is 0.547. The van der Waals surface area contributed by atoms with Gasteiger partial charge in [-0.05, 0) is 24.0 Å². The second-order valence-electron chi connectivity index (χ2n) is 8.16. The lowest BCUT2D eigenvalue weighted by atomic mass is 9.95. The molecule has 0 saturated carbocycles. The van der Waals surface area contributed by atoms with Gasteiger partial charge in [0.15, 0.2) is 11.6 Å². The minimum Gasteiger partial charge on any atom is -0.361 e. The van der Waals surface area contributed by atoms with Crippen molar-refractivity contribution in [2.24, 2.45) is 5.92 Å². The highest BCUT2D eigenvalue weighted by Gasteiger charge is 2.32. The van der Waals surface area contributed by atoms with Crippen molar-refractivity contribution in [3.8, 4) is 0 Å². The van der Waals surface area contributed by atoms with Crippen LogP contribution in [-0.2, 0) is 6.42 Å². The summed E-state index contributed by atoms with van der Waals surface area (Å²) in [6, 6.07) is 8.06. The highest BCUT2D eigenvalue weighted by molar-refractivity contribution is 5.93. The second-order valence-corrected chi connectivity index (χ2v) is 8.16. The fourth-order valence-corrected chi connectivity index (χ4v) is 4.04. The van der Waals surface area contributed by atoms with Crippen LogP contribution >= 0.6 is 0 Å². The first-order chi connectivity index (χ1) is 14.8. The molecule has 2 aromatic heterocycles. The Kier molecular flexibility index (Phi) is 5.99. The lowest BCUT2D eigenvalue weighted by molar-refractivity contribution is -0.146. The standard InChI is InChI=1S/C21H25F3N6O/c1-14(10-15-12-25-17-5-3-2-4-16(15)17)11-18(31)19-26-20(28-27-19)30-8-6-29(7-9-30)13-21(22,23)24/h2-5,12,14,25H,6-11,13H2,1H3,(H,26,27,28). The molecule has 3 aromatic rings. The second kappa shape index (κ2) is 8.70. The molecule has 1 fully saturated rings. The maximum atomic E-state index is 12.7. The van der Waals surface area contributed by atoms with Crippen molar-refractivity contribution in [2.75, 3.05) is 37.6 Å². The molecule has 2 N–H and O–H groups in total. The van der Waals surface area contributed by atoms with Crippen molar-refractivity contribution in [1.82, 2.24) is 25.1 Å². The van der Waals surface area contributed by atoms with Crippen LogP contribution in [-0.4, -0.2) is 69.7 Å². The number of carbonyl (C=O) groups is 1. The van der Waals surface area contributed by atoms with Gasteiger partial charge in [-0.2, -0.15) is 18.2 Å². The normalized spacial score (nSPS) is 16.7. The van der Waals surface area contributed by atoms with E-state index in [1.165, 1.54) is 10.5 Å². The highest BCUT2D eigenvalue weighted by Crippen LogP contribution is 2.23. The minimum absolute atomic E-state index is 0.117. The third-order valence-corrected chi connectivity index (χ3v) is 5.57. The molecule has 1 aliphatic heterocycles. The van der Waals surface area contributed by atoms with Crippen molar-refractivity contribution < 1.29 is 18.0 Å². The monoisotopic (exact) mass is 434 g/mol. The summed E-state index contributed by atoms with van der Waals surface area (Å²) < 4.78 is 37.6. The third-order valence-electron chi connectivity index (χ3n) is 5.57. The molecular weight excluding hydrogens is 409 g/mol. The number of Topliss-reactive ketones (excluding diaryl/α,β-unsaturated/α-hetero) is 1. The zero-order chi connectivity index (χ0) is 22.0. The summed E-state index contributed by atoms with van der Waals surface area (Å²) in [5, 5.41) is 7.96. The first kappa shape index (κ1) is 21.4. The number of hydrogen-bond acceptors (Lipinski definition) is 5. The van der Waals surface area contributed by atoms with Crippen LogP contribution in [0, 0.1) is 5.92 Å². The summed E-state index contributed by atoms with van der Waals surface area (Å²) in [6.45, 7) is 2.44. The topological polar surface area (TPSA) is 80.9 Å². The highest BCUT2D eigenvalue weighted by atomic mass is 19.4. The molecule has 1 atom stereocenters. The van der Waals surface area contributed by atoms with Crippen molar-refractivity contribution in [3.63, 3.8) is 0 Å². The molecule has 1 aliphatic rings. The van der Waals surface area contributed by atoms with E-state index in [-0.39, 0.29) is 30.6 Å².